The van der Waals surface area contributed by atoms with E-state index in [1.165, 1.54) is 21.5 Å². The van der Waals surface area contributed by atoms with Gasteiger partial charge in [0.1, 0.15) is 11.9 Å². The van der Waals surface area contributed by atoms with Crippen LogP contribution >= 0.6 is 11.3 Å². The van der Waals surface area contributed by atoms with E-state index in [2.05, 4.69) is 40.3 Å². The van der Waals surface area contributed by atoms with Crippen LogP contribution in [0, 0.1) is 17.7 Å². The molecule has 2 aliphatic rings. The maximum absolute atomic E-state index is 14.1. The van der Waals surface area contributed by atoms with Crippen molar-refractivity contribution in [2.24, 2.45) is 11.8 Å². The Morgan fingerprint density at radius 1 is 1.11 bits per heavy atom. The highest BCUT2D eigenvalue weighted by Gasteiger charge is 2.41. The molecule has 1 aromatic heterocycles. The van der Waals surface area contributed by atoms with Gasteiger partial charge in [-0.3, -0.25) is 9.69 Å². The third-order valence-electron chi connectivity index (χ3n) is 8.28. The zero-order chi connectivity index (χ0) is 26.6. The number of nitrogens with zero attached hydrogens (tertiary/aromatic N) is 3. The Hall–Kier alpha value is -2.61. The molecule has 1 N–H and O–H groups in total. The van der Waals surface area contributed by atoms with Gasteiger partial charge in [-0.05, 0) is 66.9 Å². The second-order valence-electron chi connectivity index (χ2n) is 11.3. The van der Waals surface area contributed by atoms with Crippen molar-refractivity contribution in [1.82, 2.24) is 14.8 Å². The summed E-state index contributed by atoms with van der Waals surface area (Å²) in [6.07, 6.45) is 5.18. The van der Waals surface area contributed by atoms with Gasteiger partial charge in [-0.1, -0.05) is 56.3 Å². The average Bonchev–Trinajstić information content (AvgIpc) is 3.52. The van der Waals surface area contributed by atoms with Crippen LogP contribution in [0.2, 0.25) is 0 Å². The van der Waals surface area contributed by atoms with Crippen LogP contribution in [0.15, 0.2) is 60.8 Å². The Labute approximate surface area is 229 Å². The first-order valence-electron chi connectivity index (χ1n) is 13.8. The van der Waals surface area contributed by atoms with Gasteiger partial charge in [0.15, 0.2) is 0 Å². The van der Waals surface area contributed by atoms with E-state index < -0.39 is 12.0 Å². The maximum atomic E-state index is 14.1. The summed E-state index contributed by atoms with van der Waals surface area (Å²) >= 11 is 1.85. The number of carboxylic acid groups (broad SMARTS) is 1. The van der Waals surface area contributed by atoms with Crippen LogP contribution in [-0.4, -0.2) is 64.6 Å². The summed E-state index contributed by atoms with van der Waals surface area (Å²) in [7, 11) is 0. The maximum Gasteiger partial charge on any atom is 0.321 e. The van der Waals surface area contributed by atoms with Crippen LogP contribution in [0.1, 0.15) is 59.5 Å². The lowest BCUT2D eigenvalue weighted by Crippen LogP contribution is -2.44. The molecule has 3 heterocycles. The van der Waals surface area contributed by atoms with Gasteiger partial charge in [0, 0.05) is 43.0 Å². The second-order valence-corrected chi connectivity index (χ2v) is 12.4. The molecule has 0 unspecified atom stereocenters. The van der Waals surface area contributed by atoms with E-state index in [1.54, 1.807) is 12.1 Å². The molecule has 38 heavy (non-hydrogen) atoms. The third kappa shape index (κ3) is 6.33. The SMILES string of the molecule is CC(C)[C@H](C(=O)O)N1C[C@H](CN2CCC(c3cnc(Cc4ccccc4)s3)CC2)[C@@H](c2cccc(F)c2)C1. The van der Waals surface area contributed by atoms with Crippen LogP contribution in [0.5, 0.6) is 0 Å². The number of likely N-dealkylation sites (tertiary alicyclic amines) is 2. The lowest BCUT2D eigenvalue weighted by atomic mass is 9.87. The molecule has 2 aliphatic heterocycles. The number of rotatable bonds is 9. The molecular formula is C31H38FN3O2S. The van der Waals surface area contributed by atoms with E-state index in [4.69, 9.17) is 4.98 Å². The highest BCUT2D eigenvalue weighted by molar-refractivity contribution is 7.11. The molecule has 3 atom stereocenters. The van der Waals surface area contributed by atoms with Crippen LogP contribution in [0.25, 0.3) is 0 Å². The molecule has 5 rings (SSSR count). The highest BCUT2D eigenvalue weighted by atomic mass is 32.1. The number of hydrogen-bond donors (Lipinski definition) is 1. The molecule has 0 radical (unpaired) electrons. The molecule has 0 saturated carbocycles. The average molecular weight is 536 g/mol. The Morgan fingerprint density at radius 3 is 2.55 bits per heavy atom. The van der Waals surface area contributed by atoms with Crippen molar-refractivity contribution in [2.45, 2.75) is 51.0 Å². The molecule has 202 valence electrons. The van der Waals surface area contributed by atoms with Gasteiger partial charge in [0.05, 0.1) is 5.01 Å². The first-order chi connectivity index (χ1) is 18.4. The van der Waals surface area contributed by atoms with Gasteiger partial charge in [-0.15, -0.1) is 11.3 Å². The van der Waals surface area contributed by atoms with Gasteiger partial charge in [0.2, 0.25) is 0 Å². The standard InChI is InChI=1S/C31H38FN3O2S/c1-21(2)30(31(36)37)35-19-25(27(20-35)24-9-6-10-26(32)16-24)18-34-13-11-23(12-14-34)28-17-33-29(38-28)15-22-7-4-3-5-8-22/h3-10,16-17,21,23,25,27,30H,11-15,18-20H2,1-2H3,(H,36,37)/t25-,27+,30+/m0/s1. The number of benzene rings is 2. The fourth-order valence-corrected chi connectivity index (χ4v) is 7.52. The number of aliphatic carboxylic acids is 1. The predicted octanol–water partition coefficient (Wildman–Crippen LogP) is 5.88. The van der Waals surface area contributed by atoms with E-state index >= 15 is 0 Å². The zero-order valence-electron chi connectivity index (χ0n) is 22.3. The number of thiazole rings is 1. The molecule has 3 aromatic rings. The quantitative estimate of drug-likeness (QED) is 0.371. The first kappa shape index (κ1) is 27.0. The Kier molecular flexibility index (Phi) is 8.56. The van der Waals surface area contributed by atoms with Crippen LogP contribution < -0.4 is 0 Å². The van der Waals surface area contributed by atoms with Gasteiger partial charge in [-0.25, -0.2) is 9.37 Å². The summed E-state index contributed by atoms with van der Waals surface area (Å²) in [6, 6.07) is 16.9. The van der Waals surface area contributed by atoms with Gasteiger partial charge in [0.25, 0.3) is 0 Å². The predicted molar refractivity (Wildman–Crippen MR) is 150 cm³/mol. The van der Waals surface area contributed by atoms with E-state index in [0.29, 0.717) is 12.5 Å². The van der Waals surface area contributed by atoms with E-state index in [9.17, 15) is 14.3 Å². The monoisotopic (exact) mass is 535 g/mol. The smallest absolute Gasteiger partial charge is 0.321 e. The molecule has 2 saturated heterocycles. The van der Waals surface area contributed by atoms with Crippen LogP contribution in [0.4, 0.5) is 4.39 Å². The largest absolute Gasteiger partial charge is 0.480 e. The molecular weight excluding hydrogens is 497 g/mol. The van der Waals surface area contributed by atoms with E-state index in [1.807, 2.05) is 37.3 Å². The van der Waals surface area contributed by atoms with Crippen molar-refractivity contribution >= 4 is 17.3 Å². The fraction of sp³-hybridized carbons (Fsp3) is 0.484. The minimum absolute atomic E-state index is 0.0151. The number of carboxylic acids is 1. The molecule has 5 nitrogen and oxygen atoms in total. The molecule has 0 amide bonds. The number of halogens is 1. The molecule has 7 heteroatoms. The van der Waals surface area contributed by atoms with Crippen LogP contribution in [-0.2, 0) is 11.2 Å². The lowest BCUT2D eigenvalue weighted by Gasteiger charge is -2.34. The molecule has 0 aliphatic carbocycles. The minimum atomic E-state index is -0.768. The van der Waals surface area contributed by atoms with Gasteiger partial charge >= 0.3 is 5.97 Å². The molecule has 0 bridgehead atoms. The van der Waals surface area contributed by atoms with E-state index in [0.717, 1.165) is 51.0 Å². The summed E-state index contributed by atoms with van der Waals surface area (Å²) in [5.41, 5.74) is 2.28. The van der Waals surface area contributed by atoms with Crippen molar-refractivity contribution in [2.75, 3.05) is 32.7 Å². The van der Waals surface area contributed by atoms with Crippen molar-refractivity contribution in [3.8, 4) is 0 Å². The third-order valence-corrected chi connectivity index (χ3v) is 9.44. The normalized spacial score (nSPS) is 22.2. The number of piperidine rings is 1. The summed E-state index contributed by atoms with van der Waals surface area (Å²) in [5, 5.41) is 11.1. The Balaban J connectivity index is 1.22. The topological polar surface area (TPSA) is 56.7 Å². The minimum Gasteiger partial charge on any atom is -0.480 e. The number of aromatic nitrogens is 1. The van der Waals surface area contributed by atoms with E-state index in [-0.39, 0.29) is 23.6 Å². The first-order valence-corrected chi connectivity index (χ1v) is 14.6. The fourth-order valence-electron chi connectivity index (χ4n) is 6.39. The summed E-state index contributed by atoms with van der Waals surface area (Å²) < 4.78 is 14.1. The molecule has 0 spiro atoms. The van der Waals surface area contributed by atoms with Crippen molar-refractivity contribution in [3.63, 3.8) is 0 Å². The highest BCUT2D eigenvalue weighted by Crippen LogP contribution is 2.38. The molecule has 2 fully saturated rings. The Morgan fingerprint density at radius 2 is 1.87 bits per heavy atom. The molecule has 2 aromatic carbocycles. The van der Waals surface area contributed by atoms with Crippen LogP contribution in [0.3, 0.4) is 0 Å². The second kappa shape index (κ2) is 12.1. The number of carbonyl (C=O) groups is 1. The lowest BCUT2D eigenvalue weighted by molar-refractivity contribution is -0.144. The Bertz CT molecular complexity index is 1210. The van der Waals surface area contributed by atoms with Crippen molar-refractivity contribution in [3.05, 3.63) is 87.6 Å². The summed E-state index contributed by atoms with van der Waals surface area (Å²) in [6.45, 7) is 8.29. The van der Waals surface area contributed by atoms with Crippen molar-refractivity contribution < 1.29 is 14.3 Å². The number of hydrogen-bond acceptors (Lipinski definition) is 5. The van der Waals surface area contributed by atoms with Gasteiger partial charge in [-0.2, -0.15) is 0 Å². The summed E-state index contributed by atoms with van der Waals surface area (Å²) in [5.74, 6) is -0.0297. The van der Waals surface area contributed by atoms with Crippen molar-refractivity contribution in [1.29, 1.82) is 0 Å². The van der Waals surface area contributed by atoms with Gasteiger partial charge < -0.3 is 10.0 Å². The summed E-state index contributed by atoms with van der Waals surface area (Å²) in [4.78, 5) is 22.8. The zero-order valence-corrected chi connectivity index (χ0v) is 23.1.